The quantitative estimate of drug-likeness (QED) is 0.792. The first kappa shape index (κ1) is 19.7. The van der Waals surface area contributed by atoms with Crippen molar-refractivity contribution >= 4 is 35.3 Å². The topological polar surface area (TPSA) is 71.1 Å². The molecule has 1 aromatic carbocycles. The Morgan fingerprint density at radius 3 is 2.35 bits per heavy atom. The first-order chi connectivity index (χ1) is 12.1. The monoisotopic (exact) mass is 371 g/mol. The van der Waals surface area contributed by atoms with Crippen molar-refractivity contribution in [3.63, 3.8) is 0 Å². The molecule has 6 heteroatoms. The van der Waals surface area contributed by atoms with E-state index in [0.717, 1.165) is 11.1 Å². The fourth-order valence-electron chi connectivity index (χ4n) is 1.98. The zero-order chi connectivity index (χ0) is 19.3. The number of halogens is 1. The van der Waals surface area contributed by atoms with Crippen LogP contribution in [0.5, 0.6) is 0 Å². The van der Waals surface area contributed by atoms with Crippen molar-refractivity contribution in [2.45, 2.75) is 27.7 Å². The van der Waals surface area contributed by atoms with Crippen molar-refractivity contribution in [1.82, 2.24) is 10.3 Å². The van der Waals surface area contributed by atoms with Gasteiger partial charge in [0.2, 0.25) is 5.91 Å². The summed E-state index contributed by atoms with van der Waals surface area (Å²) in [5.41, 5.74) is 1.21. The maximum Gasteiger partial charge on any atom is 0.273 e. The molecule has 1 aromatic heterocycles. The molecule has 2 amide bonds. The molecular formula is C20H22ClN3O2. The molecule has 0 aliphatic heterocycles. The average Bonchev–Trinajstić information content (AvgIpc) is 2.55. The minimum atomic E-state index is -0.638. The van der Waals surface area contributed by atoms with E-state index >= 15 is 0 Å². The number of carbonyl (C=O) groups excluding carboxylic acids is 2. The van der Waals surface area contributed by atoms with Crippen LogP contribution in [0.4, 0.5) is 5.82 Å². The molecule has 0 bridgehead atoms. The second-order valence-electron chi connectivity index (χ2n) is 6.99. The van der Waals surface area contributed by atoms with E-state index in [4.69, 9.17) is 11.6 Å². The van der Waals surface area contributed by atoms with Crippen molar-refractivity contribution < 1.29 is 9.59 Å². The van der Waals surface area contributed by atoms with E-state index in [2.05, 4.69) is 15.6 Å². The van der Waals surface area contributed by atoms with Crippen LogP contribution in [0.1, 0.15) is 31.9 Å². The molecule has 0 saturated heterocycles. The molecule has 26 heavy (non-hydrogen) atoms. The van der Waals surface area contributed by atoms with Gasteiger partial charge >= 0.3 is 0 Å². The zero-order valence-corrected chi connectivity index (χ0v) is 16.0. The number of amides is 2. The summed E-state index contributed by atoms with van der Waals surface area (Å²) in [5, 5.41) is 6.01. The molecule has 0 unspecified atom stereocenters. The fraction of sp³-hybridized carbons (Fsp3) is 0.250. The molecule has 0 saturated carbocycles. The smallest absolute Gasteiger partial charge is 0.273 e. The first-order valence-corrected chi connectivity index (χ1v) is 8.56. The predicted molar refractivity (Wildman–Crippen MR) is 105 cm³/mol. The Morgan fingerprint density at radius 2 is 1.77 bits per heavy atom. The van der Waals surface area contributed by atoms with Gasteiger partial charge < -0.3 is 10.6 Å². The molecule has 0 aliphatic rings. The number of carbonyl (C=O) groups is 2. The lowest BCUT2D eigenvalue weighted by Crippen LogP contribution is -2.38. The Balaban J connectivity index is 2.31. The van der Waals surface area contributed by atoms with Crippen LogP contribution in [-0.4, -0.2) is 16.8 Å². The number of aromatic nitrogens is 1. The molecule has 0 spiro atoms. The summed E-state index contributed by atoms with van der Waals surface area (Å²) >= 11 is 5.90. The van der Waals surface area contributed by atoms with Gasteiger partial charge in [0.15, 0.2) is 0 Å². The molecule has 0 atom stereocenters. The van der Waals surface area contributed by atoms with Crippen LogP contribution in [0.2, 0.25) is 5.02 Å². The molecular weight excluding hydrogens is 350 g/mol. The van der Waals surface area contributed by atoms with Gasteiger partial charge in [0.1, 0.15) is 11.5 Å². The molecule has 0 radical (unpaired) electrons. The van der Waals surface area contributed by atoms with E-state index in [9.17, 15) is 9.59 Å². The maximum atomic E-state index is 12.7. The predicted octanol–water partition coefficient (Wildman–Crippen LogP) is 4.19. The Kier molecular flexibility index (Phi) is 6.16. The van der Waals surface area contributed by atoms with E-state index in [1.807, 2.05) is 13.0 Å². The number of nitrogens with one attached hydrogen (secondary N) is 2. The molecule has 2 aromatic rings. The minimum absolute atomic E-state index is 0.135. The zero-order valence-electron chi connectivity index (χ0n) is 15.3. The first-order valence-electron chi connectivity index (χ1n) is 8.18. The van der Waals surface area contributed by atoms with Crippen LogP contribution in [0.3, 0.4) is 0 Å². The third kappa shape index (κ3) is 5.70. The second-order valence-corrected chi connectivity index (χ2v) is 7.42. The summed E-state index contributed by atoms with van der Waals surface area (Å²) in [7, 11) is 0. The standard InChI is InChI=1S/C20H22ClN3O2/c1-13-9-10-22-17(11-13)24-18(25)16(23-19(26)20(2,3)4)12-14-5-7-15(21)8-6-14/h5-12H,1-4H3,(H,23,26)(H,22,24,25)/b16-12+. The highest BCUT2D eigenvalue weighted by Gasteiger charge is 2.24. The van der Waals surface area contributed by atoms with E-state index < -0.39 is 11.3 Å². The number of anilines is 1. The Labute approximate surface area is 158 Å². The summed E-state index contributed by atoms with van der Waals surface area (Å²) in [5.74, 6) is -0.289. The lowest BCUT2D eigenvalue weighted by molar-refractivity contribution is -0.128. The van der Waals surface area contributed by atoms with Crippen LogP contribution in [0.25, 0.3) is 6.08 Å². The summed E-state index contributed by atoms with van der Waals surface area (Å²) in [6, 6.07) is 10.6. The largest absolute Gasteiger partial charge is 0.321 e. The van der Waals surface area contributed by atoms with E-state index in [0.29, 0.717) is 10.8 Å². The van der Waals surface area contributed by atoms with Crippen LogP contribution in [0.15, 0.2) is 48.3 Å². The van der Waals surface area contributed by atoms with Crippen molar-refractivity contribution in [2.75, 3.05) is 5.32 Å². The molecule has 2 rings (SSSR count). The summed E-state index contributed by atoms with van der Waals surface area (Å²) in [6.07, 6.45) is 3.21. The number of nitrogens with zero attached hydrogens (tertiary/aromatic N) is 1. The van der Waals surface area contributed by atoms with Gasteiger partial charge in [-0.25, -0.2) is 4.98 Å². The van der Waals surface area contributed by atoms with Gasteiger partial charge in [0, 0.05) is 16.6 Å². The Hall–Kier alpha value is -2.66. The fourth-order valence-corrected chi connectivity index (χ4v) is 2.11. The van der Waals surface area contributed by atoms with Gasteiger partial charge in [-0.15, -0.1) is 0 Å². The summed E-state index contributed by atoms with van der Waals surface area (Å²) < 4.78 is 0. The number of hydrogen-bond donors (Lipinski definition) is 2. The van der Waals surface area contributed by atoms with Crippen molar-refractivity contribution in [3.05, 3.63) is 64.4 Å². The Bertz CT molecular complexity index is 837. The minimum Gasteiger partial charge on any atom is -0.321 e. The number of benzene rings is 1. The van der Waals surface area contributed by atoms with Gasteiger partial charge in [0.05, 0.1) is 0 Å². The molecule has 0 fully saturated rings. The van der Waals surface area contributed by atoms with Crippen molar-refractivity contribution in [3.8, 4) is 0 Å². The highest BCUT2D eigenvalue weighted by atomic mass is 35.5. The molecule has 1 heterocycles. The van der Waals surface area contributed by atoms with Gasteiger partial charge in [-0.2, -0.15) is 0 Å². The second kappa shape index (κ2) is 8.15. The summed E-state index contributed by atoms with van der Waals surface area (Å²) in [4.78, 5) is 29.2. The maximum absolute atomic E-state index is 12.7. The van der Waals surface area contributed by atoms with Gasteiger partial charge in [-0.3, -0.25) is 9.59 Å². The van der Waals surface area contributed by atoms with Crippen LogP contribution < -0.4 is 10.6 Å². The third-order valence-electron chi connectivity index (χ3n) is 3.51. The molecule has 2 N–H and O–H groups in total. The van der Waals surface area contributed by atoms with E-state index in [1.165, 1.54) is 0 Å². The van der Waals surface area contributed by atoms with Crippen LogP contribution in [-0.2, 0) is 9.59 Å². The van der Waals surface area contributed by atoms with Crippen LogP contribution in [0, 0.1) is 12.3 Å². The Morgan fingerprint density at radius 1 is 1.12 bits per heavy atom. The van der Waals surface area contributed by atoms with E-state index in [1.54, 1.807) is 63.4 Å². The molecule has 0 aliphatic carbocycles. The third-order valence-corrected chi connectivity index (χ3v) is 3.76. The molecule has 136 valence electrons. The van der Waals surface area contributed by atoms with Crippen LogP contribution >= 0.6 is 11.6 Å². The van der Waals surface area contributed by atoms with Gasteiger partial charge in [0.25, 0.3) is 5.91 Å². The number of rotatable bonds is 4. The van der Waals surface area contributed by atoms with Gasteiger partial charge in [-0.1, -0.05) is 44.5 Å². The average molecular weight is 372 g/mol. The van der Waals surface area contributed by atoms with Crippen molar-refractivity contribution in [1.29, 1.82) is 0 Å². The highest BCUT2D eigenvalue weighted by molar-refractivity contribution is 6.30. The lowest BCUT2D eigenvalue weighted by Gasteiger charge is -2.19. The number of pyridine rings is 1. The van der Waals surface area contributed by atoms with Crippen molar-refractivity contribution in [2.24, 2.45) is 5.41 Å². The molecule has 5 nitrogen and oxygen atoms in total. The number of aryl methyl sites for hydroxylation is 1. The number of hydrogen-bond acceptors (Lipinski definition) is 3. The lowest BCUT2D eigenvalue weighted by atomic mass is 9.95. The SMILES string of the molecule is Cc1ccnc(NC(=O)/C(=C\c2ccc(Cl)cc2)NC(=O)C(C)(C)C)c1. The highest BCUT2D eigenvalue weighted by Crippen LogP contribution is 2.17. The summed E-state index contributed by atoms with van der Waals surface area (Å²) in [6.45, 7) is 7.25. The normalized spacial score (nSPS) is 11.8. The van der Waals surface area contributed by atoms with E-state index in [-0.39, 0.29) is 11.6 Å². The van der Waals surface area contributed by atoms with Gasteiger partial charge in [-0.05, 0) is 48.4 Å².